The number of hydrogen-bond acceptors (Lipinski definition) is 5. The van der Waals surface area contributed by atoms with Crippen molar-refractivity contribution in [2.24, 2.45) is 5.10 Å². The number of ether oxygens (including phenoxy) is 2. The molecule has 25 heavy (non-hydrogen) atoms. The second kappa shape index (κ2) is 8.60. The Morgan fingerprint density at radius 2 is 2.12 bits per heavy atom. The van der Waals surface area contributed by atoms with Crippen molar-refractivity contribution >= 4 is 51.4 Å². The van der Waals surface area contributed by atoms with Crippen LogP contribution in [0.4, 0.5) is 0 Å². The number of amides is 1. The number of carbonyl (C=O) groups is 1. The van der Waals surface area contributed by atoms with E-state index in [-0.39, 0.29) is 12.7 Å². The lowest BCUT2D eigenvalue weighted by molar-refractivity contribution is -0.118. The molecule has 0 unspecified atom stereocenters. The quantitative estimate of drug-likeness (QED) is 0.539. The van der Waals surface area contributed by atoms with Crippen LogP contribution in [0.3, 0.4) is 0 Å². The second-order valence-electron chi connectivity index (χ2n) is 5.14. The van der Waals surface area contributed by atoms with Crippen molar-refractivity contribution in [2.45, 2.75) is 5.75 Å². The third kappa shape index (κ3) is 5.14. The molecule has 1 aliphatic rings. The number of fused-ring (bicyclic) bond motifs is 1. The first-order valence-corrected chi connectivity index (χ1v) is 9.67. The van der Waals surface area contributed by atoms with Crippen molar-refractivity contribution in [3.63, 3.8) is 0 Å². The summed E-state index contributed by atoms with van der Waals surface area (Å²) < 4.78 is 11.4. The molecule has 0 bridgehead atoms. The molecule has 0 atom stereocenters. The lowest BCUT2D eigenvalue weighted by Crippen LogP contribution is -2.19. The highest BCUT2D eigenvalue weighted by Gasteiger charge is 2.15. The largest absolute Gasteiger partial charge is 0.454 e. The topological polar surface area (TPSA) is 59.9 Å². The van der Waals surface area contributed by atoms with Gasteiger partial charge in [0.25, 0.3) is 0 Å². The van der Waals surface area contributed by atoms with Crippen molar-refractivity contribution in [3.05, 3.63) is 57.0 Å². The van der Waals surface area contributed by atoms with E-state index in [1.54, 1.807) is 12.3 Å². The fraction of sp³-hybridized carbons (Fsp3) is 0.176. The van der Waals surface area contributed by atoms with Gasteiger partial charge in [-0.1, -0.05) is 23.7 Å². The molecule has 0 aromatic heterocycles. The van der Waals surface area contributed by atoms with Gasteiger partial charge in [-0.05, 0) is 45.8 Å². The smallest absolute Gasteiger partial charge is 0.250 e. The third-order valence-corrected chi connectivity index (χ3v) is 5.20. The highest BCUT2D eigenvalue weighted by atomic mass is 79.9. The molecule has 0 spiro atoms. The molecular formula is C17H14BrClN2O3S. The maximum Gasteiger partial charge on any atom is 0.250 e. The third-order valence-electron chi connectivity index (χ3n) is 3.28. The molecule has 2 aromatic rings. The van der Waals surface area contributed by atoms with Crippen molar-refractivity contribution < 1.29 is 14.3 Å². The zero-order chi connectivity index (χ0) is 17.6. The molecule has 5 nitrogen and oxygen atoms in total. The molecule has 130 valence electrons. The van der Waals surface area contributed by atoms with E-state index >= 15 is 0 Å². The van der Waals surface area contributed by atoms with Gasteiger partial charge in [0.1, 0.15) is 0 Å². The first-order chi connectivity index (χ1) is 12.1. The maximum atomic E-state index is 11.8. The summed E-state index contributed by atoms with van der Waals surface area (Å²) in [4.78, 5) is 11.8. The van der Waals surface area contributed by atoms with Crippen LogP contribution in [0.15, 0.2) is 46.0 Å². The Bertz CT molecular complexity index is 816. The van der Waals surface area contributed by atoms with Crippen LogP contribution in [0.5, 0.6) is 11.5 Å². The van der Waals surface area contributed by atoms with Gasteiger partial charge in [0.05, 0.1) is 12.0 Å². The fourth-order valence-corrected chi connectivity index (χ4v) is 3.53. The van der Waals surface area contributed by atoms with E-state index in [0.29, 0.717) is 28.0 Å². The highest BCUT2D eigenvalue weighted by molar-refractivity contribution is 9.10. The SMILES string of the molecule is O=C(CSCc1cccc(Cl)c1)N/N=C/c1cc2c(cc1Br)OCO2. The van der Waals surface area contributed by atoms with Gasteiger partial charge in [-0.25, -0.2) is 5.43 Å². The molecule has 3 rings (SSSR count). The monoisotopic (exact) mass is 440 g/mol. The molecule has 0 radical (unpaired) electrons. The van der Waals surface area contributed by atoms with Gasteiger partial charge < -0.3 is 9.47 Å². The molecule has 0 fully saturated rings. The van der Waals surface area contributed by atoms with Crippen molar-refractivity contribution in [1.82, 2.24) is 5.43 Å². The second-order valence-corrected chi connectivity index (χ2v) is 7.42. The van der Waals surface area contributed by atoms with Gasteiger partial charge in [-0.15, -0.1) is 11.8 Å². The van der Waals surface area contributed by atoms with E-state index in [0.717, 1.165) is 15.6 Å². The van der Waals surface area contributed by atoms with Crippen molar-refractivity contribution in [2.75, 3.05) is 12.5 Å². The summed E-state index contributed by atoms with van der Waals surface area (Å²) in [6.45, 7) is 0.211. The summed E-state index contributed by atoms with van der Waals surface area (Å²) in [5.41, 5.74) is 4.38. The molecule has 1 aliphatic heterocycles. The number of hydrazone groups is 1. The van der Waals surface area contributed by atoms with E-state index in [9.17, 15) is 4.79 Å². The van der Waals surface area contributed by atoms with Crippen LogP contribution in [0.1, 0.15) is 11.1 Å². The lowest BCUT2D eigenvalue weighted by Gasteiger charge is -2.03. The predicted molar refractivity (Wildman–Crippen MR) is 104 cm³/mol. The van der Waals surface area contributed by atoms with E-state index in [1.807, 2.05) is 30.3 Å². The fourth-order valence-electron chi connectivity index (χ4n) is 2.13. The van der Waals surface area contributed by atoms with Gasteiger partial charge in [0.15, 0.2) is 11.5 Å². The molecule has 0 saturated heterocycles. The lowest BCUT2D eigenvalue weighted by atomic mass is 10.2. The van der Waals surface area contributed by atoms with Gasteiger partial charge >= 0.3 is 0 Å². The van der Waals surface area contributed by atoms with Crippen LogP contribution >= 0.6 is 39.3 Å². The minimum absolute atomic E-state index is 0.167. The average Bonchev–Trinajstić information content (AvgIpc) is 3.02. The van der Waals surface area contributed by atoms with Crippen molar-refractivity contribution in [3.8, 4) is 11.5 Å². The number of rotatable bonds is 6. The zero-order valence-corrected chi connectivity index (χ0v) is 16.2. The van der Waals surface area contributed by atoms with Crippen LogP contribution in [-0.4, -0.2) is 24.7 Å². The molecule has 0 aliphatic carbocycles. The van der Waals surface area contributed by atoms with Gasteiger partial charge in [0, 0.05) is 20.8 Å². The number of benzene rings is 2. The van der Waals surface area contributed by atoms with E-state index in [1.165, 1.54) is 11.8 Å². The van der Waals surface area contributed by atoms with Crippen LogP contribution in [0, 0.1) is 0 Å². The molecule has 8 heteroatoms. The normalized spacial score (nSPS) is 12.6. The number of halogens is 2. The Morgan fingerprint density at radius 1 is 1.32 bits per heavy atom. The Labute approximate surface area is 162 Å². The van der Waals surface area contributed by atoms with E-state index in [4.69, 9.17) is 21.1 Å². The first kappa shape index (κ1) is 18.1. The Kier molecular flexibility index (Phi) is 6.23. The molecular weight excluding hydrogens is 428 g/mol. The summed E-state index contributed by atoms with van der Waals surface area (Å²) in [5.74, 6) is 2.20. The van der Waals surface area contributed by atoms with Gasteiger partial charge in [-0.2, -0.15) is 5.10 Å². The number of hydrogen-bond donors (Lipinski definition) is 1. The molecule has 1 N–H and O–H groups in total. The number of nitrogens with one attached hydrogen (secondary N) is 1. The molecule has 1 amide bonds. The standard InChI is InChI=1S/C17H14BrClN2O3S/c18-14-6-16-15(23-10-24-16)5-12(14)7-20-21-17(22)9-25-8-11-2-1-3-13(19)4-11/h1-7H,8-10H2,(H,21,22)/b20-7+. The zero-order valence-electron chi connectivity index (χ0n) is 13.0. The highest BCUT2D eigenvalue weighted by Crippen LogP contribution is 2.36. The summed E-state index contributed by atoms with van der Waals surface area (Å²) in [6.07, 6.45) is 1.56. The number of thioether (sulfide) groups is 1. The Balaban J connectivity index is 1.46. The van der Waals surface area contributed by atoms with Gasteiger partial charge in [-0.3, -0.25) is 4.79 Å². The number of nitrogens with zero attached hydrogens (tertiary/aromatic N) is 1. The summed E-state index contributed by atoms with van der Waals surface area (Å²) in [6, 6.07) is 11.2. The Morgan fingerprint density at radius 3 is 2.92 bits per heavy atom. The first-order valence-electron chi connectivity index (χ1n) is 7.35. The number of carbonyl (C=O) groups excluding carboxylic acids is 1. The maximum absolute atomic E-state index is 11.8. The van der Waals surface area contributed by atoms with Crippen LogP contribution in [0.25, 0.3) is 0 Å². The predicted octanol–water partition coefficient (Wildman–Crippen LogP) is 4.21. The summed E-state index contributed by atoms with van der Waals surface area (Å²) >= 11 is 10.9. The minimum atomic E-state index is -0.167. The van der Waals surface area contributed by atoms with E-state index in [2.05, 4.69) is 26.5 Å². The van der Waals surface area contributed by atoms with Crippen LogP contribution in [0.2, 0.25) is 5.02 Å². The van der Waals surface area contributed by atoms with Gasteiger partial charge in [0.2, 0.25) is 12.7 Å². The van der Waals surface area contributed by atoms with E-state index < -0.39 is 0 Å². The molecule has 0 saturated carbocycles. The van der Waals surface area contributed by atoms with Crippen LogP contribution in [-0.2, 0) is 10.5 Å². The van der Waals surface area contributed by atoms with Crippen molar-refractivity contribution in [1.29, 1.82) is 0 Å². The molecule has 2 aromatic carbocycles. The summed E-state index contributed by atoms with van der Waals surface area (Å²) in [5, 5.41) is 4.68. The minimum Gasteiger partial charge on any atom is -0.454 e. The Hall–Kier alpha value is -1.70. The van der Waals surface area contributed by atoms with Crippen LogP contribution < -0.4 is 14.9 Å². The summed E-state index contributed by atoms with van der Waals surface area (Å²) in [7, 11) is 0. The molecule has 1 heterocycles. The average molecular weight is 442 g/mol.